The number of aromatic nitrogens is 3. The number of benzene rings is 2. The summed E-state index contributed by atoms with van der Waals surface area (Å²) in [7, 11) is 0. The third-order valence-corrected chi connectivity index (χ3v) is 6.46. The predicted molar refractivity (Wildman–Crippen MR) is 119 cm³/mol. The van der Waals surface area contributed by atoms with Gasteiger partial charge in [-0.3, -0.25) is 4.79 Å². The summed E-state index contributed by atoms with van der Waals surface area (Å²) in [6.45, 7) is 5.49. The van der Waals surface area contributed by atoms with Crippen LogP contribution in [0.25, 0.3) is 11.4 Å². The second-order valence-electron chi connectivity index (χ2n) is 7.04. The van der Waals surface area contributed by atoms with Crippen molar-refractivity contribution in [1.29, 1.82) is 0 Å². The number of hydrogen-bond acceptors (Lipinski definition) is 4. The Bertz CT molecular complexity index is 1020. The largest absolute Gasteiger partial charge is 0.311 e. The molecule has 0 aliphatic carbocycles. The Morgan fingerprint density at radius 3 is 2.69 bits per heavy atom. The second-order valence-corrected chi connectivity index (χ2v) is 8.78. The maximum Gasteiger partial charge on any atom is 0.240 e. The monoisotopic (exact) mass is 426 g/mol. The van der Waals surface area contributed by atoms with Crippen molar-refractivity contribution >= 4 is 35.0 Å². The summed E-state index contributed by atoms with van der Waals surface area (Å²) >= 11 is 7.46. The smallest absolute Gasteiger partial charge is 0.240 e. The molecule has 0 spiro atoms. The highest BCUT2D eigenvalue weighted by molar-refractivity contribution is 8.00. The van der Waals surface area contributed by atoms with E-state index >= 15 is 0 Å². The van der Waals surface area contributed by atoms with Gasteiger partial charge in [0.05, 0.1) is 5.25 Å². The van der Waals surface area contributed by atoms with Crippen molar-refractivity contribution in [3.8, 4) is 11.4 Å². The molecule has 1 amide bonds. The molecule has 29 heavy (non-hydrogen) atoms. The van der Waals surface area contributed by atoms with E-state index in [2.05, 4.69) is 23.2 Å². The minimum Gasteiger partial charge on any atom is -0.311 e. The van der Waals surface area contributed by atoms with Gasteiger partial charge >= 0.3 is 0 Å². The minimum absolute atomic E-state index is 0.112. The number of carbonyl (C=O) groups is 1. The first-order valence-electron chi connectivity index (χ1n) is 9.83. The lowest BCUT2D eigenvalue weighted by atomic mass is 10.0. The molecule has 4 rings (SSSR count). The van der Waals surface area contributed by atoms with E-state index in [9.17, 15) is 4.79 Å². The van der Waals surface area contributed by atoms with E-state index < -0.39 is 0 Å². The number of fused-ring (bicyclic) bond motifs is 1. The lowest BCUT2D eigenvalue weighted by Crippen LogP contribution is -2.40. The Balaban J connectivity index is 1.55. The van der Waals surface area contributed by atoms with E-state index in [-0.39, 0.29) is 11.2 Å². The van der Waals surface area contributed by atoms with Crippen LogP contribution in [0.3, 0.4) is 0 Å². The highest BCUT2D eigenvalue weighted by atomic mass is 35.5. The Labute approximate surface area is 180 Å². The van der Waals surface area contributed by atoms with Crippen LogP contribution >= 0.6 is 23.4 Å². The zero-order valence-electron chi connectivity index (χ0n) is 16.5. The summed E-state index contributed by atoms with van der Waals surface area (Å²) in [5.74, 6) is 0.899. The predicted octanol–water partition coefficient (Wildman–Crippen LogP) is 5.08. The van der Waals surface area contributed by atoms with Crippen LogP contribution in [0.5, 0.6) is 0 Å². The van der Waals surface area contributed by atoms with Crippen LogP contribution in [0, 0.1) is 0 Å². The molecule has 0 radical (unpaired) electrons. The molecule has 5 nitrogen and oxygen atoms in total. The summed E-state index contributed by atoms with van der Waals surface area (Å²) in [5.41, 5.74) is 3.24. The summed E-state index contributed by atoms with van der Waals surface area (Å²) in [6, 6.07) is 15.7. The molecule has 0 fully saturated rings. The number of para-hydroxylation sites is 1. The Morgan fingerprint density at radius 1 is 1.17 bits per heavy atom. The van der Waals surface area contributed by atoms with Gasteiger partial charge in [-0.2, -0.15) is 0 Å². The van der Waals surface area contributed by atoms with E-state index in [0.717, 1.165) is 48.2 Å². The number of amides is 1. The van der Waals surface area contributed by atoms with Crippen LogP contribution < -0.4 is 4.90 Å². The van der Waals surface area contributed by atoms with Gasteiger partial charge in [-0.25, -0.2) is 0 Å². The standard InChI is InChI=1S/C22H23ClN4OS/c1-3-26-20(17-10-12-18(23)13-11-17)24-25-22(26)29-15(2)21(28)27-14-6-8-16-7-4-5-9-19(16)27/h4-5,7,9-13,15H,3,6,8,14H2,1-2H3. The van der Waals surface area contributed by atoms with Crippen LogP contribution in [0.15, 0.2) is 53.7 Å². The molecule has 3 aromatic rings. The molecular weight excluding hydrogens is 404 g/mol. The molecule has 1 aromatic heterocycles. The molecule has 0 bridgehead atoms. The molecule has 2 aromatic carbocycles. The normalized spacial score (nSPS) is 14.5. The molecule has 1 unspecified atom stereocenters. The molecule has 1 atom stereocenters. The van der Waals surface area contributed by atoms with Gasteiger partial charge in [-0.1, -0.05) is 41.6 Å². The number of rotatable bonds is 5. The Morgan fingerprint density at radius 2 is 1.93 bits per heavy atom. The van der Waals surface area contributed by atoms with Gasteiger partial charge in [-0.15, -0.1) is 10.2 Å². The van der Waals surface area contributed by atoms with Crippen LogP contribution in [0.2, 0.25) is 5.02 Å². The summed E-state index contributed by atoms with van der Waals surface area (Å²) in [4.78, 5) is 15.1. The Kier molecular flexibility index (Phi) is 5.92. The highest BCUT2D eigenvalue weighted by Crippen LogP contribution is 2.32. The minimum atomic E-state index is -0.256. The van der Waals surface area contributed by atoms with Crippen molar-refractivity contribution in [3.05, 3.63) is 59.1 Å². The van der Waals surface area contributed by atoms with E-state index in [4.69, 9.17) is 11.6 Å². The summed E-state index contributed by atoms with van der Waals surface area (Å²) in [6.07, 6.45) is 2.02. The highest BCUT2D eigenvalue weighted by Gasteiger charge is 2.28. The maximum absolute atomic E-state index is 13.2. The number of hydrogen-bond donors (Lipinski definition) is 0. The number of carbonyl (C=O) groups excluding carboxylic acids is 1. The summed E-state index contributed by atoms with van der Waals surface area (Å²) in [5, 5.41) is 9.93. The molecule has 0 N–H and O–H groups in total. The third kappa shape index (κ3) is 4.05. The van der Waals surface area contributed by atoms with Gasteiger partial charge in [0.25, 0.3) is 0 Å². The van der Waals surface area contributed by atoms with E-state index in [1.807, 2.05) is 58.9 Å². The van der Waals surface area contributed by atoms with Gasteiger partial charge in [0.15, 0.2) is 11.0 Å². The van der Waals surface area contributed by atoms with Crippen LogP contribution in [-0.4, -0.2) is 32.5 Å². The SMILES string of the molecule is CCn1c(SC(C)C(=O)N2CCCc3ccccc32)nnc1-c1ccc(Cl)cc1. The molecular formula is C22H23ClN4OS. The first-order valence-corrected chi connectivity index (χ1v) is 11.1. The molecule has 150 valence electrons. The lowest BCUT2D eigenvalue weighted by molar-refractivity contribution is -0.117. The Hall–Kier alpha value is -2.31. The first kappa shape index (κ1) is 20.0. The van der Waals surface area contributed by atoms with Crippen molar-refractivity contribution in [2.75, 3.05) is 11.4 Å². The first-order chi connectivity index (χ1) is 14.1. The molecule has 2 heterocycles. The van der Waals surface area contributed by atoms with Gasteiger partial charge in [0.1, 0.15) is 0 Å². The topological polar surface area (TPSA) is 51.0 Å². The van der Waals surface area contributed by atoms with E-state index in [0.29, 0.717) is 5.02 Å². The number of thioether (sulfide) groups is 1. The van der Waals surface area contributed by atoms with Gasteiger partial charge < -0.3 is 9.47 Å². The number of halogens is 1. The van der Waals surface area contributed by atoms with Gasteiger partial charge in [0.2, 0.25) is 5.91 Å². The van der Waals surface area contributed by atoms with Crippen molar-refractivity contribution in [2.45, 2.75) is 43.6 Å². The third-order valence-electron chi connectivity index (χ3n) is 5.14. The molecule has 1 aliphatic rings. The van der Waals surface area contributed by atoms with Crippen molar-refractivity contribution in [2.24, 2.45) is 0 Å². The zero-order chi connectivity index (χ0) is 20.4. The van der Waals surface area contributed by atoms with Crippen molar-refractivity contribution in [1.82, 2.24) is 14.8 Å². The number of anilines is 1. The quantitative estimate of drug-likeness (QED) is 0.534. The van der Waals surface area contributed by atoms with Crippen LogP contribution in [0.4, 0.5) is 5.69 Å². The fourth-order valence-corrected chi connectivity index (χ4v) is 4.77. The number of nitrogens with zero attached hydrogens (tertiary/aromatic N) is 4. The van der Waals surface area contributed by atoms with Crippen LogP contribution in [0.1, 0.15) is 25.8 Å². The molecule has 0 saturated heterocycles. The van der Waals surface area contributed by atoms with Crippen molar-refractivity contribution in [3.63, 3.8) is 0 Å². The van der Waals surface area contributed by atoms with E-state index in [1.165, 1.54) is 17.3 Å². The van der Waals surface area contributed by atoms with Crippen LogP contribution in [-0.2, 0) is 17.8 Å². The van der Waals surface area contributed by atoms with Crippen molar-refractivity contribution < 1.29 is 4.79 Å². The molecule has 7 heteroatoms. The fourth-order valence-electron chi connectivity index (χ4n) is 3.66. The van der Waals surface area contributed by atoms with Gasteiger partial charge in [0, 0.05) is 29.4 Å². The average Bonchev–Trinajstić information content (AvgIpc) is 3.15. The maximum atomic E-state index is 13.2. The lowest BCUT2D eigenvalue weighted by Gasteiger charge is -2.31. The summed E-state index contributed by atoms with van der Waals surface area (Å²) < 4.78 is 2.04. The van der Waals surface area contributed by atoms with Gasteiger partial charge in [-0.05, 0) is 62.6 Å². The number of aryl methyl sites for hydroxylation is 1. The zero-order valence-corrected chi connectivity index (χ0v) is 18.1. The van der Waals surface area contributed by atoms with E-state index in [1.54, 1.807) is 0 Å². The fraction of sp³-hybridized carbons (Fsp3) is 0.318. The molecule has 1 aliphatic heterocycles. The molecule has 0 saturated carbocycles. The second kappa shape index (κ2) is 8.59. The average molecular weight is 427 g/mol.